The lowest BCUT2D eigenvalue weighted by atomic mass is 9.95. The highest BCUT2D eigenvalue weighted by atomic mass is 35.5. The van der Waals surface area contributed by atoms with Crippen molar-refractivity contribution in [1.82, 2.24) is 10.6 Å². The quantitative estimate of drug-likeness (QED) is 0.644. The summed E-state index contributed by atoms with van der Waals surface area (Å²) in [6, 6.07) is 8.68. The molecule has 2 aliphatic heterocycles. The first-order valence-electron chi connectivity index (χ1n) is 9.73. The van der Waals surface area contributed by atoms with Gasteiger partial charge in [-0.05, 0) is 75.5 Å². The van der Waals surface area contributed by atoms with E-state index < -0.39 is 0 Å². The Hall–Kier alpha value is -1.21. The number of methoxy groups -OCH3 is 1. The van der Waals surface area contributed by atoms with E-state index in [9.17, 15) is 4.79 Å². The van der Waals surface area contributed by atoms with Crippen molar-refractivity contribution in [3.05, 3.63) is 24.3 Å². The van der Waals surface area contributed by atoms with Crippen LogP contribution < -0.4 is 20.3 Å². The molecule has 160 valence electrons. The normalized spacial score (nSPS) is 18.0. The molecular formula is C20H33Cl2N3O3. The standard InChI is InChI=1S/C20H31N3O3.2ClH/c1-25-20(24)15-26-19-4-2-18(3-5-19)23-12-8-16(9-13-23)14-22-17-6-10-21-11-7-17;;/h2-5,16-17,21-22H,6-15H2,1H3;2*1H. The molecule has 0 spiro atoms. The van der Waals surface area contributed by atoms with Gasteiger partial charge in [0.15, 0.2) is 6.61 Å². The van der Waals surface area contributed by atoms with E-state index in [-0.39, 0.29) is 37.4 Å². The Kier molecular flexibility index (Phi) is 11.6. The summed E-state index contributed by atoms with van der Waals surface area (Å²) in [5, 5.41) is 7.19. The molecule has 28 heavy (non-hydrogen) atoms. The number of nitrogens with zero attached hydrogens (tertiary/aromatic N) is 1. The summed E-state index contributed by atoms with van der Waals surface area (Å²) in [7, 11) is 1.36. The molecule has 0 bridgehead atoms. The van der Waals surface area contributed by atoms with Gasteiger partial charge in [0, 0.05) is 24.8 Å². The topological polar surface area (TPSA) is 62.8 Å². The molecule has 2 aliphatic rings. The average molecular weight is 434 g/mol. The number of carbonyl (C=O) groups is 1. The van der Waals surface area contributed by atoms with Gasteiger partial charge in [-0.25, -0.2) is 4.79 Å². The molecule has 1 aromatic rings. The summed E-state index contributed by atoms with van der Waals surface area (Å²) in [6.07, 6.45) is 4.98. The third kappa shape index (κ3) is 7.66. The van der Waals surface area contributed by atoms with Crippen molar-refractivity contribution in [2.45, 2.75) is 31.7 Å². The Balaban J connectivity index is 0.00000196. The predicted molar refractivity (Wildman–Crippen MR) is 117 cm³/mol. The van der Waals surface area contributed by atoms with Crippen LogP contribution in [0.2, 0.25) is 0 Å². The fourth-order valence-corrected chi connectivity index (χ4v) is 3.71. The zero-order valence-corrected chi connectivity index (χ0v) is 18.2. The molecule has 2 N–H and O–H groups in total. The fraction of sp³-hybridized carbons (Fsp3) is 0.650. The van der Waals surface area contributed by atoms with Crippen LogP contribution in [-0.2, 0) is 9.53 Å². The van der Waals surface area contributed by atoms with Crippen molar-refractivity contribution in [2.75, 3.05) is 51.3 Å². The molecule has 0 amide bonds. The Morgan fingerprint density at radius 2 is 1.75 bits per heavy atom. The minimum atomic E-state index is -0.366. The Labute approximate surface area is 180 Å². The molecule has 0 saturated carbocycles. The summed E-state index contributed by atoms with van der Waals surface area (Å²) in [4.78, 5) is 13.6. The van der Waals surface area contributed by atoms with E-state index in [4.69, 9.17) is 4.74 Å². The van der Waals surface area contributed by atoms with Gasteiger partial charge in [-0.1, -0.05) is 0 Å². The second-order valence-electron chi connectivity index (χ2n) is 7.22. The molecule has 0 aromatic heterocycles. The minimum absolute atomic E-state index is 0. The monoisotopic (exact) mass is 433 g/mol. The number of esters is 1. The van der Waals surface area contributed by atoms with Crippen LogP contribution in [0.15, 0.2) is 24.3 Å². The number of hydrogen-bond acceptors (Lipinski definition) is 6. The largest absolute Gasteiger partial charge is 0.482 e. The molecule has 6 nitrogen and oxygen atoms in total. The van der Waals surface area contributed by atoms with E-state index in [2.05, 4.69) is 32.4 Å². The van der Waals surface area contributed by atoms with Crippen molar-refractivity contribution in [3.8, 4) is 5.75 Å². The highest BCUT2D eigenvalue weighted by Crippen LogP contribution is 2.25. The van der Waals surface area contributed by atoms with Crippen molar-refractivity contribution >= 4 is 36.5 Å². The lowest BCUT2D eigenvalue weighted by Crippen LogP contribution is -2.43. The van der Waals surface area contributed by atoms with E-state index in [1.165, 1.54) is 38.5 Å². The van der Waals surface area contributed by atoms with E-state index in [1.54, 1.807) is 0 Å². The first-order chi connectivity index (χ1) is 12.7. The zero-order chi connectivity index (χ0) is 18.2. The second-order valence-corrected chi connectivity index (χ2v) is 7.22. The fourth-order valence-electron chi connectivity index (χ4n) is 3.71. The van der Waals surface area contributed by atoms with Crippen LogP contribution in [0.5, 0.6) is 5.75 Å². The van der Waals surface area contributed by atoms with Crippen LogP contribution in [0.25, 0.3) is 0 Å². The van der Waals surface area contributed by atoms with Crippen LogP contribution in [0, 0.1) is 5.92 Å². The number of rotatable bonds is 7. The van der Waals surface area contributed by atoms with E-state index >= 15 is 0 Å². The van der Waals surface area contributed by atoms with Gasteiger partial charge >= 0.3 is 5.97 Å². The molecule has 3 rings (SSSR count). The molecule has 2 saturated heterocycles. The molecule has 2 fully saturated rings. The Morgan fingerprint density at radius 1 is 1.11 bits per heavy atom. The van der Waals surface area contributed by atoms with Crippen LogP contribution in [-0.4, -0.2) is 58.5 Å². The van der Waals surface area contributed by atoms with Crippen molar-refractivity contribution in [1.29, 1.82) is 0 Å². The van der Waals surface area contributed by atoms with Gasteiger partial charge < -0.3 is 25.0 Å². The second kappa shape index (κ2) is 13.1. The summed E-state index contributed by atoms with van der Waals surface area (Å²) in [5.74, 6) is 1.11. The average Bonchev–Trinajstić information content (AvgIpc) is 2.72. The Morgan fingerprint density at radius 3 is 2.36 bits per heavy atom. The number of ether oxygens (including phenoxy) is 2. The third-order valence-electron chi connectivity index (χ3n) is 5.44. The smallest absolute Gasteiger partial charge is 0.343 e. The highest BCUT2D eigenvalue weighted by Gasteiger charge is 2.21. The van der Waals surface area contributed by atoms with Gasteiger partial charge in [0.2, 0.25) is 0 Å². The van der Waals surface area contributed by atoms with Crippen molar-refractivity contribution in [2.24, 2.45) is 5.92 Å². The number of halogens is 2. The number of anilines is 1. The molecule has 2 heterocycles. The van der Waals surface area contributed by atoms with Crippen LogP contribution in [0.4, 0.5) is 5.69 Å². The molecule has 0 unspecified atom stereocenters. The SMILES string of the molecule is COC(=O)COc1ccc(N2CCC(CNC3CCNCC3)CC2)cc1.Cl.Cl. The van der Waals surface area contributed by atoms with Crippen LogP contribution in [0.3, 0.4) is 0 Å². The third-order valence-corrected chi connectivity index (χ3v) is 5.44. The number of piperidine rings is 2. The van der Waals surface area contributed by atoms with Crippen molar-refractivity contribution in [3.63, 3.8) is 0 Å². The molecule has 1 aromatic carbocycles. The molecule has 0 atom stereocenters. The van der Waals surface area contributed by atoms with E-state index in [0.29, 0.717) is 11.8 Å². The zero-order valence-electron chi connectivity index (χ0n) is 16.5. The predicted octanol–water partition coefficient (Wildman–Crippen LogP) is 2.64. The van der Waals surface area contributed by atoms with E-state index in [0.717, 1.165) is 38.6 Å². The van der Waals surface area contributed by atoms with Gasteiger partial charge in [-0.15, -0.1) is 24.8 Å². The summed E-state index contributed by atoms with van der Waals surface area (Å²) >= 11 is 0. The maximum atomic E-state index is 11.1. The van der Waals surface area contributed by atoms with Crippen LogP contribution in [0.1, 0.15) is 25.7 Å². The highest BCUT2D eigenvalue weighted by molar-refractivity contribution is 5.85. The maximum Gasteiger partial charge on any atom is 0.343 e. The first-order valence-corrected chi connectivity index (χ1v) is 9.73. The molecule has 8 heteroatoms. The number of carbonyl (C=O) groups excluding carboxylic acids is 1. The minimum Gasteiger partial charge on any atom is -0.482 e. The number of hydrogen-bond donors (Lipinski definition) is 2. The van der Waals surface area contributed by atoms with Crippen LogP contribution >= 0.6 is 24.8 Å². The van der Waals surface area contributed by atoms with Gasteiger partial charge in [0.05, 0.1) is 7.11 Å². The van der Waals surface area contributed by atoms with Crippen molar-refractivity contribution < 1.29 is 14.3 Å². The van der Waals surface area contributed by atoms with Gasteiger partial charge in [-0.2, -0.15) is 0 Å². The summed E-state index contributed by atoms with van der Waals surface area (Å²) in [6.45, 7) is 5.59. The lowest BCUT2D eigenvalue weighted by molar-refractivity contribution is -0.142. The maximum absolute atomic E-state index is 11.1. The molecular weight excluding hydrogens is 401 g/mol. The lowest BCUT2D eigenvalue weighted by Gasteiger charge is -2.35. The summed E-state index contributed by atoms with van der Waals surface area (Å²) in [5.41, 5.74) is 1.22. The number of nitrogens with one attached hydrogen (secondary N) is 2. The number of benzene rings is 1. The van der Waals surface area contributed by atoms with Gasteiger partial charge in [-0.3, -0.25) is 0 Å². The Bertz CT molecular complexity index is 560. The summed E-state index contributed by atoms with van der Waals surface area (Å²) < 4.78 is 9.98. The molecule has 0 radical (unpaired) electrons. The first kappa shape index (κ1) is 24.8. The van der Waals surface area contributed by atoms with Gasteiger partial charge in [0.25, 0.3) is 0 Å². The van der Waals surface area contributed by atoms with Gasteiger partial charge in [0.1, 0.15) is 5.75 Å². The van der Waals surface area contributed by atoms with E-state index in [1.807, 2.05) is 12.1 Å². The molecule has 0 aliphatic carbocycles.